The highest BCUT2D eigenvalue weighted by Gasteiger charge is 2.12. The second-order valence-corrected chi connectivity index (χ2v) is 5.05. The van der Waals surface area contributed by atoms with Gasteiger partial charge in [-0.05, 0) is 36.1 Å². The van der Waals surface area contributed by atoms with Crippen LogP contribution >= 0.6 is 0 Å². The zero-order valence-corrected chi connectivity index (χ0v) is 12.3. The number of hydrogen-bond donors (Lipinski definition) is 0. The predicted molar refractivity (Wildman–Crippen MR) is 82.6 cm³/mol. The van der Waals surface area contributed by atoms with Gasteiger partial charge in [0.1, 0.15) is 12.4 Å². The first kappa shape index (κ1) is 15.0. The van der Waals surface area contributed by atoms with Crippen LogP contribution in [0.15, 0.2) is 48.5 Å². The van der Waals surface area contributed by atoms with Gasteiger partial charge in [0, 0.05) is 6.07 Å². The van der Waals surface area contributed by atoms with Crippen molar-refractivity contribution in [2.24, 2.45) is 0 Å². The third kappa shape index (κ3) is 3.81. The standard InChI is InChI=1S/C17H19NO3/c1-3-13(2)14-8-10-16(11-9-14)21-12-15-6-4-5-7-17(15)18(19)20/h4-11,13H,3,12H2,1-2H3. The van der Waals surface area contributed by atoms with Gasteiger partial charge in [-0.15, -0.1) is 0 Å². The number of para-hydroxylation sites is 1. The fraction of sp³-hybridized carbons (Fsp3) is 0.294. The summed E-state index contributed by atoms with van der Waals surface area (Å²) in [6.07, 6.45) is 1.09. The number of nitro benzene ring substituents is 1. The molecular weight excluding hydrogens is 266 g/mol. The Morgan fingerprint density at radius 2 is 1.81 bits per heavy atom. The first-order valence-electron chi connectivity index (χ1n) is 7.07. The summed E-state index contributed by atoms with van der Waals surface area (Å²) in [4.78, 5) is 10.6. The zero-order valence-electron chi connectivity index (χ0n) is 12.3. The van der Waals surface area contributed by atoms with Crippen LogP contribution in [0.2, 0.25) is 0 Å². The number of benzene rings is 2. The molecule has 0 saturated carbocycles. The van der Waals surface area contributed by atoms with E-state index in [0.29, 0.717) is 11.5 Å². The first-order valence-corrected chi connectivity index (χ1v) is 7.07. The van der Waals surface area contributed by atoms with Crippen molar-refractivity contribution in [3.63, 3.8) is 0 Å². The van der Waals surface area contributed by atoms with Crippen LogP contribution in [0.3, 0.4) is 0 Å². The second kappa shape index (κ2) is 6.88. The van der Waals surface area contributed by atoms with E-state index in [4.69, 9.17) is 4.74 Å². The Labute approximate surface area is 124 Å². The minimum Gasteiger partial charge on any atom is -0.489 e. The molecule has 0 aliphatic carbocycles. The Balaban J connectivity index is 2.05. The van der Waals surface area contributed by atoms with Gasteiger partial charge >= 0.3 is 0 Å². The summed E-state index contributed by atoms with van der Waals surface area (Å²) in [5.74, 6) is 1.24. The van der Waals surface area contributed by atoms with Crippen LogP contribution < -0.4 is 4.74 Å². The van der Waals surface area contributed by atoms with E-state index in [2.05, 4.69) is 13.8 Å². The van der Waals surface area contributed by atoms with E-state index >= 15 is 0 Å². The van der Waals surface area contributed by atoms with Gasteiger partial charge < -0.3 is 4.74 Å². The lowest BCUT2D eigenvalue weighted by molar-refractivity contribution is -0.385. The van der Waals surface area contributed by atoms with Crippen LogP contribution in [0.5, 0.6) is 5.75 Å². The van der Waals surface area contributed by atoms with E-state index in [-0.39, 0.29) is 17.2 Å². The van der Waals surface area contributed by atoms with Gasteiger partial charge in [-0.25, -0.2) is 0 Å². The highest BCUT2D eigenvalue weighted by molar-refractivity contribution is 5.39. The fourth-order valence-electron chi connectivity index (χ4n) is 2.10. The van der Waals surface area contributed by atoms with Crippen LogP contribution in [0, 0.1) is 10.1 Å². The maximum Gasteiger partial charge on any atom is 0.276 e. The number of hydrogen-bond acceptors (Lipinski definition) is 3. The van der Waals surface area contributed by atoms with E-state index in [1.54, 1.807) is 18.2 Å². The molecule has 0 amide bonds. The van der Waals surface area contributed by atoms with E-state index in [0.717, 1.165) is 12.2 Å². The molecule has 4 nitrogen and oxygen atoms in total. The van der Waals surface area contributed by atoms with Crippen molar-refractivity contribution < 1.29 is 9.66 Å². The van der Waals surface area contributed by atoms with Gasteiger partial charge in [0.05, 0.1) is 10.5 Å². The fourth-order valence-corrected chi connectivity index (χ4v) is 2.10. The molecule has 2 aromatic carbocycles. The van der Waals surface area contributed by atoms with Crippen molar-refractivity contribution in [2.45, 2.75) is 32.8 Å². The number of nitrogens with zero attached hydrogens (tertiary/aromatic N) is 1. The topological polar surface area (TPSA) is 52.4 Å². The van der Waals surface area contributed by atoms with Crippen LogP contribution in [0.25, 0.3) is 0 Å². The third-order valence-electron chi connectivity index (χ3n) is 3.64. The van der Waals surface area contributed by atoms with Crippen molar-refractivity contribution >= 4 is 5.69 Å². The summed E-state index contributed by atoms with van der Waals surface area (Å²) in [6.45, 7) is 4.53. The van der Waals surface area contributed by atoms with Crippen LogP contribution in [-0.2, 0) is 6.61 Å². The Morgan fingerprint density at radius 1 is 1.14 bits per heavy atom. The molecule has 0 N–H and O–H groups in total. The number of rotatable bonds is 6. The lowest BCUT2D eigenvalue weighted by atomic mass is 9.99. The van der Waals surface area contributed by atoms with Crippen molar-refractivity contribution in [1.29, 1.82) is 0 Å². The molecule has 110 valence electrons. The quantitative estimate of drug-likeness (QED) is 0.571. The summed E-state index contributed by atoms with van der Waals surface area (Å²) in [6, 6.07) is 14.6. The highest BCUT2D eigenvalue weighted by Crippen LogP contribution is 2.23. The van der Waals surface area contributed by atoms with Gasteiger partial charge in [0.2, 0.25) is 0 Å². The lowest BCUT2D eigenvalue weighted by Gasteiger charge is -2.11. The van der Waals surface area contributed by atoms with Crippen LogP contribution in [0.1, 0.15) is 37.3 Å². The smallest absolute Gasteiger partial charge is 0.276 e. The lowest BCUT2D eigenvalue weighted by Crippen LogP contribution is -2.00. The molecular formula is C17H19NO3. The maximum absolute atomic E-state index is 10.9. The molecule has 0 radical (unpaired) electrons. The van der Waals surface area contributed by atoms with E-state index in [9.17, 15) is 10.1 Å². The SMILES string of the molecule is CCC(C)c1ccc(OCc2ccccc2[N+](=O)[O-])cc1. The van der Waals surface area contributed by atoms with E-state index in [1.165, 1.54) is 11.6 Å². The predicted octanol–water partition coefficient (Wildman–Crippen LogP) is 4.69. The van der Waals surface area contributed by atoms with Crippen molar-refractivity contribution in [1.82, 2.24) is 0 Å². The van der Waals surface area contributed by atoms with E-state index in [1.807, 2.05) is 24.3 Å². The van der Waals surface area contributed by atoms with Crippen molar-refractivity contribution in [3.05, 3.63) is 69.8 Å². The van der Waals surface area contributed by atoms with Crippen molar-refractivity contribution in [3.8, 4) is 5.75 Å². The molecule has 0 saturated heterocycles. The molecule has 0 fully saturated rings. The molecule has 1 atom stereocenters. The Morgan fingerprint density at radius 3 is 2.43 bits per heavy atom. The molecule has 4 heteroatoms. The average Bonchev–Trinajstić information content (AvgIpc) is 2.52. The van der Waals surface area contributed by atoms with Gasteiger partial charge in [-0.3, -0.25) is 10.1 Å². The second-order valence-electron chi connectivity index (χ2n) is 5.05. The van der Waals surface area contributed by atoms with Gasteiger partial charge in [0.15, 0.2) is 0 Å². The average molecular weight is 285 g/mol. The normalized spacial score (nSPS) is 11.9. The molecule has 2 rings (SSSR count). The molecule has 0 bridgehead atoms. The molecule has 2 aromatic rings. The molecule has 1 unspecified atom stereocenters. The van der Waals surface area contributed by atoms with Crippen LogP contribution in [-0.4, -0.2) is 4.92 Å². The van der Waals surface area contributed by atoms with Crippen LogP contribution in [0.4, 0.5) is 5.69 Å². The monoisotopic (exact) mass is 285 g/mol. The summed E-state index contributed by atoms with van der Waals surface area (Å²) < 4.78 is 5.65. The summed E-state index contributed by atoms with van der Waals surface area (Å²) in [5, 5.41) is 10.9. The minimum atomic E-state index is -0.384. The summed E-state index contributed by atoms with van der Waals surface area (Å²) in [7, 11) is 0. The van der Waals surface area contributed by atoms with Crippen molar-refractivity contribution in [2.75, 3.05) is 0 Å². The van der Waals surface area contributed by atoms with Gasteiger partial charge in [-0.1, -0.05) is 38.1 Å². The van der Waals surface area contributed by atoms with Gasteiger partial charge in [-0.2, -0.15) is 0 Å². The molecule has 0 heterocycles. The summed E-state index contributed by atoms with van der Waals surface area (Å²) >= 11 is 0. The molecule has 21 heavy (non-hydrogen) atoms. The summed E-state index contributed by atoms with van der Waals surface area (Å²) in [5.41, 5.74) is 1.94. The van der Waals surface area contributed by atoms with E-state index < -0.39 is 0 Å². The number of nitro groups is 1. The zero-order chi connectivity index (χ0) is 15.2. The molecule has 0 aliphatic rings. The third-order valence-corrected chi connectivity index (χ3v) is 3.64. The Kier molecular flexibility index (Phi) is 4.93. The molecule has 0 spiro atoms. The largest absolute Gasteiger partial charge is 0.489 e. The van der Waals surface area contributed by atoms with Gasteiger partial charge in [0.25, 0.3) is 5.69 Å². The highest BCUT2D eigenvalue weighted by atomic mass is 16.6. The molecule has 0 aliphatic heterocycles. The minimum absolute atomic E-state index is 0.0914. The first-order chi connectivity index (χ1) is 10.1. The maximum atomic E-state index is 10.9. The molecule has 0 aromatic heterocycles. The Hall–Kier alpha value is -2.36. The number of ether oxygens (including phenoxy) is 1. The Bertz CT molecular complexity index is 608.